The zero-order valence-electron chi connectivity index (χ0n) is 12.9. The monoisotopic (exact) mass is 432 g/mol. The van der Waals surface area contributed by atoms with Crippen molar-refractivity contribution in [3.05, 3.63) is 34.2 Å². The second kappa shape index (κ2) is 9.34. The summed E-state index contributed by atoms with van der Waals surface area (Å²) in [6.07, 6.45) is 0. The van der Waals surface area contributed by atoms with Crippen molar-refractivity contribution in [2.24, 2.45) is 4.99 Å². The van der Waals surface area contributed by atoms with E-state index in [1.165, 1.54) is 37.0 Å². The standard InChI is InChI=1S/C13H14BrFN6O3S/c1-16-13(22)17-4-5-25-12-10(20-24-21-12)11(19-23)18-7-2-3-9(15)8(14)6-7/h2-3,6,23H,4-5H2,1H3,(H,18,19)(H2,16,17,22). The van der Waals surface area contributed by atoms with Crippen molar-refractivity contribution in [2.75, 3.05) is 19.3 Å². The Hall–Kier alpha value is -2.18. The van der Waals surface area contributed by atoms with Gasteiger partial charge in [-0.2, -0.15) is 0 Å². The fourth-order valence-electron chi connectivity index (χ4n) is 1.64. The first kappa shape index (κ1) is 19.1. The number of hydrogen-bond donors (Lipinski definition) is 4. The second-order valence-corrected chi connectivity index (χ2v) is 6.38. The Balaban J connectivity index is 2.10. The first-order valence-corrected chi connectivity index (χ1v) is 8.68. The van der Waals surface area contributed by atoms with Crippen LogP contribution in [0.5, 0.6) is 0 Å². The Morgan fingerprint density at radius 1 is 1.48 bits per heavy atom. The van der Waals surface area contributed by atoms with Gasteiger partial charge in [0.05, 0.1) is 10.2 Å². The molecule has 0 radical (unpaired) electrons. The molecule has 134 valence electrons. The van der Waals surface area contributed by atoms with E-state index in [0.717, 1.165) is 0 Å². The van der Waals surface area contributed by atoms with Crippen LogP contribution in [0.25, 0.3) is 0 Å². The molecule has 2 rings (SSSR count). The van der Waals surface area contributed by atoms with Crippen molar-refractivity contribution in [1.29, 1.82) is 0 Å². The van der Waals surface area contributed by atoms with Crippen LogP contribution in [0.15, 0.2) is 37.3 Å². The normalized spacial score (nSPS) is 11.3. The van der Waals surface area contributed by atoms with Crippen LogP contribution in [-0.4, -0.2) is 46.7 Å². The van der Waals surface area contributed by atoms with Gasteiger partial charge in [-0.25, -0.2) is 18.8 Å². The molecule has 0 aliphatic rings. The Morgan fingerprint density at radius 2 is 2.28 bits per heavy atom. The molecule has 0 aliphatic heterocycles. The summed E-state index contributed by atoms with van der Waals surface area (Å²) >= 11 is 4.32. The van der Waals surface area contributed by atoms with Crippen LogP contribution in [-0.2, 0) is 0 Å². The molecule has 2 amide bonds. The smallest absolute Gasteiger partial charge is 0.314 e. The number of nitrogens with one attached hydrogen (secondary N) is 3. The summed E-state index contributed by atoms with van der Waals surface area (Å²) in [4.78, 5) is 15.2. The van der Waals surface area contributed by atoms with Crippen molar-refractivity contribution in [3.63, 3.8) is 0 Å². The minimum Gasteiger partial charge on any atom is -0.341 e. The van der Waals surface area contributed by atoms with E-state index in [0.29, 0.717) is 23.0 Å². The van der Waals surface area contributed by atoms with Gasteiger partial charge in [-0.3, -0.25) is 10.7 Å². The molecule has 2 aromatic rings. The number of hydrogen-bond acceptors (Lipinski definition) is 7. The summed E-state index contributed by atoms with van der Waals surface area (Å²) in [6.45, 7) is 0.389. The molecule has 25 heavy (non-hydrogen) atoms. The molecular formula is C13H14BrFN6O3S. The lowest BCUT2D eigenvalue weighted by Crippen LogP contribution is -2.34. The van der Waals surface area contributed by atoms with E-state index in [1.54, 1.807) is 0 Å². The zero-order chi connectivity index (χ0) is 18.2. The number of carbonyl (C=O) groups excluding carboxylic acids is 1. The van der Waals surface area contributed by atoms with Gasteiger partial charge in [0.2, 0.25) is 0 Å². The van der Waals surface area contributed by atoms with E-state index in [4.69, 9.17) is 0 Å². The van der Waals surface area contributed by atoms with E-state index in [-0.39, 0.29) is 22.0 Å². The van der Waals surface area contributed by atoms with E-state index in [9.17, 15) is 14.4 Å². The highest BCUT2D eigenvalue weighted by Crippen LogP contribution is 2.24. The van der Waals surface area contributed by atoms with Gasteiger partial charge < -0.3 is 10.6 Å². The first-order valence-electron chi connectivity index (χ1n) is 6.90. The molecule has 0 fully saturated rings. The number of thioether (sulfide) groups is 1. The first-order chi connectivity index (χ1) is 12.0. The SMILES string of the molecule is CNC(=O)NCCSc1nonc1C(=Nc1ccc(F)c(Br)c1)NO. The van der Waals surface area contributed by atoms with E-state index < -0.39 is 5.82 Å². The number of nitrogens with zero attached hydrogens (tertiary/aromatic N) is 3. The number of urea groups is 1. The molecule has 4 N–H and O–H groups in total. The van der Waals surface area contributed by atoms with Crippen LogP contribution in [0.1, 0.15) is 5.69 Å². The van der Waals surface area contributed by atoms with Crippen molar-refractivity contribution in [3.8, 4) is 0 Å². The maximum atomic E-state index is 13.3. The maximum Gasteiger partial charge on any atom is 0.314 e. The summed E-state index contributed by atoms with van der Waals surface area (Å²) in [5, 5.41) is 22.2. The predicted molar refractivity (Wildman–Crippen MR) is 92.7 cm³/mol. The highest BCUT2D eigenvalue weighted by molar-refractivity contribution is 9.10. The molecule has 1 aromatic heterocycles. The quantitative estimate of drug-likeness (QED) is 0.181. The van der Waals surface area contributed by atoms with Gasteiger partial charge in [0.15, 0.2) is 16.6 Å². The van der Waals surface area contributed by atoms with Crippen molar-refractivity contribution in [2.45, 2.75) is 5.03 Å². The average Bonchev–Trinajstić information content (AvgIpc) is 3.07. The van der Waals surface area contributed by atoms with Crippen LogP contribution in [0.2, 0.25) is 0 Å². The summed E-state index contributed by atoms with van der Waals surface area (Å²) in [5.74, 6) is 0.0528. The molecule has 0 aliphatic carbocycles. The van der Waals surface area contributed by atoms with Crippen LogP contribution in [0.3, 0.4) is 0 Å². The largest absolute Gasteiger partial charge is 0.341 e. The predicted octanol–water partition coefficient (Wildman–Crippen LogP) is 2.05. The molecule has 0 atom stereocenters. The third-order valence-electron chi connectivity index (χ3n) is 2.79. The molecule has 1 aromatic carbocycles. The summed E-state index contributed by atoms with van der Waals surface area (Å²) in [5.41, 5.74) is 2.50. The molecule has 0 bridgehead atoms. The van der Waals surface area contributed by atoms with Crippen LogP contribution >= 0.6 is 27.7 Å². The third-order valence-corrected chi connectivity index (χ3v) is 4.34. The van der Waals surface area contributed by atoms with Gasteiger partial charge in [-0.15, -0.1) is 0 Å². The number of aliphatic imine (C=N–C) groups is 1. The highest BCUT2D eigenvalue weighted by atomic mass is 79.9. The number of halogens is 2. The van der Waals surface area contributed by atoms with Crippen LogP contribution < -0.4 is 16.1 Å². The van der Waals surface area contributed by atoms with Crippen molar-refractivity contribution >= 4 is 45.2 Å². The van der Waals surface area contributed by atoms with Gasteiger partial charge in [-0.1, -0.05) is 11.8 Å². The Labute approximate surface area is 154 Å². The molecule has 0 saturated heterocycles. The topological polar surface area (TPSA) is 125 Å². The molecule has 1 heterocycles. The number of benzene rings is 1. The van der Waals surface area contributed by atoms with Gasteiger partial charge >= 0.3 is 6.03 Å². The van der Waals surface area contributed by atoms with Gasteiger partial charge in [0, 0.05) is 19.3 Å². The van der Waals surface area contributed by atoms with Crippen molar-refractivity contribution < 1.29 is 19.0 Å². The number of amidine groups is 1. The molecule has 12 heteroatoms. The lowest BCUT2D eigenvalue weighted by atomic mass is 10.3. The van der Waals surface area contributed by atoms with E-state index >= 15 is 0 Å². The maximum absolute atomic E-state index is 13.3. The minimum absolute atomic E-state index is 0.0125. The Bertz CT molecular complexity index is 772. The zero-order valence-corrected chi connectivity index (χ0v) is 15.3. The lowest BCUT2D eigenvalue weighted by Gasteiger charge is -2.05. The summed E-state index contributed by atoms with van der Waals surface area (Å²) < 4.78 is 18.2. The fraction of sp³-hybridized carbons (Fsp3) is 0.231. The number of hydroxylamine groups is 1. The summed E-state index contributed by atoms with van der Waals surface area (Å²) in [6, 6.07) is 3.82. The third kappa shape index (κ3) is 5.41. The van der Waals surface area contributed by atoms with E-state index in [1.807, 2.05) is 5.48 Å². The molecule has 0 unspecified atom stereocenters. The Kier molecular flexibility index (Phi) is 7.16. The Morgan fingerprint density at radius 3 is 2.96 bits per heavy atom. The number of aromatic nitrogens is 2. The van der Waals surface area contributed by atoms with Crippen molar-refractivity contribution in [1.82, 2.24) is 26.4 Å². The number of amides is 2. The fourth-order valence-corrected chi connectivity index (χ4v) is 2.76. The minimum atomic E-state index is -0.430. The van der Waals surface area contributed by atoms with Crippen LogP contribution in [0.4, 0.5) is 14.9 Å². The van der Waals surface area contributed by atoms with Crippen LogP contribution in [0, 0.1) is 5.82 Å². The average molecular weight is 433 g/mol. The molecule has 0 saturated carbocycles. The summed E-state index contributed by atoms with van der Waals surface area (Å²) in [7, 11) is 1.52. The van der Waals surface area contributed by atoms with E-state index in [2.05, 4.69) is 46.5 Å². The number of rotatable bonds is 6. The number of carbonyl (C=O) groups is 1. The molecule has 0 spiro atoms. The van der Waals surface area contributed by atoms with Gasteiger partial charge in [0.1, 0.15) is 5.82 Å². The lowest BCUT2D eigenvalue weighted by molar-refractivity contribution is 0.234. The van der Waals surface area contributed by atoms with Gasteiger partial charge in [-0.05, 0) is 44.4 Å². The molecular weight excluding hydrogens is 419 g/mol. The second-order valence-electron chi connectivity index (χ2n) is 4.44. The van der Waals surface area contributed by atoms with Gasteiger partial charge in [0.25, 0.3) is 0 Å². The highest BCUT2D eigenvalue weighted by Gasteiger charge is 2.17. The molecule has 9 nitrogen and oxygen atoms in total.